The Hall–Kier alpha value is -1.30. The van der Waals surface area contributed by atoms with Gasteiger partial charge in [0.25, 0.3) is 0 Å². The van der Waals surface area contributed by atoms with E-state index in [1.807, 2.05) is 0 Å². The normalized spacial score (nSPS) is 8.80. The van der Waals surface area contributed by atoms with E-state index < -0.39 is 5.82 Å². The Bertz CT molecular complexity index is 270. The van der Waals surface area contributed by atoms with Gasteiger partial charge in [-0.2, -0.15) is 5.26 Å². The molecule has 3 heteroatoms. The number of hydrogen-bond donors (Lipinski definition) is 0. The number of hydrogen-bond acceptors (Lipinski definition) is 1. The second-order valence-electron chi connectivity index (χ2n) is 2.04. The maximum absolute atomic E-state index is 12.6. The maximum atomic E-state index is 12.6. The molecular formula is C7H5BFN. The molecule has 0 unspecified atom stereocenters. The van der Waals surface area contributed by atoms with Gasteiger partial charge in [-0.25, -0.2) is 4.39 Å². The van der Waals surface area contributed by atoms with Crippen LogP contribution in [-0.4, -0.2) is 7.85 Å². The van der Waals surface area contributed by atoms with Gasteiger partial charge >= 0.3 is 0 Å². The van der Waals surface area contributed by atoms with Crippen molar-refractivity contribution in [2.24, 2.45) is 0 Å². The molecule has 0 aliphatic carbocycles. The summed E-state index contributed by atoms with van der Waals surface area (Å²) in [6, 6.07) is 6.37. The molecule has 0 atom stereocenters. The van der Waals surface area contributed by atoms with Gasteiger partial charge in [-0.3, -0.25) is 0 Å². The lowest BCUT2D eigenvalue weighted by molar-refractivity contribution is 0.625. The Morgan fingerprint density at radius 3 is 2.60 bits per heavy atom. The zero-order chi connectivity index (χ0) is 7.56. The molecule has 0 aromatic heterocycles. The highest BCUT2D eigenvalue weighted by Gasteiger charge is 2.01. The average Bonchev–Trinajstić information content (AvgIpc) is 1.88. The summed E-state index contributed by atoms with van der Waals surface area (Å²) in [5.74, 6) is -0.442. The zero-order valence-electron chi connectivity index (χ0n) is 5.56. The summed E-state index contributed by atoms with van der Waals surface area (Å²) in [4.78, 5) is 0. The van der Waals surface area contributed by atoms with Gasteiger partial charge in [-0.1, -0.05) is 17.6 Å². The van der Waals surface area contributed by atoms with Crippen LogP contribution in [0.5, 0.6) is 0 Å². The SMILES string of the molecule is Bc1cccc(F)c1C#N. The topological polar surface area (TPSA) is 23.8 Å². The molecule has 48 valence electrons. The highest BCUT2D eigenvalue weighted by Crippen LogP contribution is 1.99. The zero-order valence-corrected chi connectivity index (χ0v) is 5.56. The predicted octanol–water partition coefficient (Wildman–Crippen LogP) is -0.0442. The third kappa shape index (κ3) is 1.01. The van der Waals surface area contributed by atoms with Crippen molar-refractivity contribution < 1.29 is 4.39 Å². The first-order valence-electron chi connectivity index (χ1n) is 2.91. The molecule has 1 aromatic rings. The molecule has 1 aromatic carbocycles. The summed E-state index contributed by atoms with van der Waals surface area (Å²) in [7, 11) is 1.71. The van der Waals surface area contributed by atoms with Crippen molar-refractivity contribution in [2.75, 3.05) is 0 Å². The first-order chi connectivity index (χ1) is 4.75. The standard InChI is InChI=1S/C7H5BFN/c8-6-2-1-3-7(9)5(6)4-10/h1-3H,8H2. The Balaban J connectivity index is 3.34. The fourth-order valence-corrected chi connectivity index (χ4v) is 0.774. The van der Waals surface area contributed by atoms with Gasteiger partial charge in [0.1, 0.15) is 19.7 Å². The van der Waals surface area contributed by atoms with Crippen LogP contribution < -0.4 is 5.46 Å². The predicted molar refractivity (Wildman–Crippen MR) is 39.3 cm³/mol. The van der Waals surface area contributed by atoms with Crippen molar-refractivity contribution >= 4 is 13.3 Å². The molecular weight excluding hydrogens is 128 g/mol. The fourth-order valence-electron chi connectivity index (χ4n) is 0.774. The lowest BCUT2D eigenvalue weighted by Crippen LogP contribution is -2.08. The molecule has 1 nitrogen and oxygen atoms in total. The summed E-state index contributed by atoms with van der Waals surface area (Å²) in [6.45, 7) is 0. The van der Waals surface area contributed by atoms with E-state index >= 15 is 0 Å². The van der Waals surface area contributed by atoms with E-state index in [1.54, 1.807) is 26.0 Å². The molecule has 1 rings (SSSR count). The second kappa shape index (κ2) is 2.53. The molecule has 0 heterocycles. The van der Waals surface area contributed by atoms with Crippen LogP contribution in [0.25, 0.3) is 0 Å². The Morgan fingerprint density at radius 2 is 2.20 bits per heavy atom. The third-order valence-electron chi connectivity index (χ3n) is 1.33. The van der Waals surface area contributed by atoms with E-state index in [9.17, 15) is 4.39 Å². The van der Waals surface area contributed by atoms with Gasteiger partial charge in [-0.05, 0) is 6.07 Å². The molecule has 0 aliphatic rings. The van der Waals surface area contributed by atoms with Crippen molar-refractivity contribution in [2.45, 2.75) is 0 Å². The number of nitrogens with zero attached hydrogens (tertiary/aromatic N) is 1. The molecule has 0 spiro atoms. The second-order valence-corrected chi connectivity index (χ2v) is 2.04. The van der Waals surface area contributed by atoms with E-state index in [0.717, 1.165) is 0 Å². The smallest absolute Gasteiger partial charge is 0.141 e. The van der Waals surface area contributed by atoms with Crippen LogP contribution in [0.2, 0.25) is 0 Å². The van der Waals surface area contributed by atoms with Crippen LogP contribution >= 0.6 is 0 Å². The van der Waals surface area contributed by atoms with Crippen molar-refractivity contribution in [1.29, 1.82) is 5.26 Å². The van der Waals surface area contributed by atoms with Crippen molar-refractivity contribution in [1.82, 2.24) is 0 Å². The first-order valence-corrected chi connectivity index (χ1v) is 2.91. The summed E-state index contributed by atoms with van der Waals surface area (Å²) in [5, 5.41) is 8.41. The van der Waals surface area contributed by atoms with Crippen LogP contribution in [0.3, 0.4) is 0 Å². The average molecular weight is 133 g/mol. The minimum absolute atomic E-state index is 0.141. The van der Waals surface area contributed by atoms with Gasteiger partial charge in [-0.15, -0.1) is 0 Å². The van der Waals surface area contributed by atoms with Gasteiger partial charge in [0.15, 0.2) is 0 Å². The molecule has 0 fully saturated rings. The van der Waals surface area contributed by atoms with Gasteiger partial charge in [0, 0.05) is 0 Å². The minimum Gasteiger partial charge on any atom is -0.206 e. The summed E-state index contributed by atoms with van der Waals surface area (Å²) >= 11 is 0. The van der Waals surface area contributed by atoms with Gasteiger partial charge < -0.3 is 0 Å². The summed E-state index contributed by atoms with van der Waals surface area (Å²) in [5.41, 5.74) is 0.824. The van der Waals surface area contributed by atoms with Crippen LogP contribution in [0.1, 0.15) is 5.56 Å². The van der Waals surface area contributed by atoms with E-state index in [4.69, 9.17) is 5.26 Å². The molecule has 0 saturated heterocycles. The van der Waals surface area contributed by atoms with Crippen LogP contribution in [0.15, 0.2) is 18.2 Å². The Labute approximate surface area is 59.5 Å². The largest absolute Gasteiger partial charge is 0.206 e. The third-order valence-corrected chi connectivity index (χ3v) is 1.33. The van der Waals surface area contributed by atoms with E-state index in [2.05, 4.69) is 0 Å². The van der Waals surface area contributed by atoms with E-state index in [1.165, 1.54) is 6.07 Å². The molecule has 10 heavy (non-hydrogen) atoms. The highest BCUT2D eigenvalue weighted by molar-refractivity contribution is 6.33. The lowest BCUT2D eigenvalue weighted by atomic mass is 9.91. The van der Waals surface area contributed by atoms with Gasteiger partial charge in [0.05, 0.1) is 5.56 Å². The van der Waals surface area contributed by atoms with Crippen molar-refractivity contribution in [3.63, 3.8) is 0 Å². The number of benzene rings is 1. The minimum atomic E-state index is -0.442. The molecule has 0 saturated carbocycles. The Kier molecular flexibility index (Phi) is 1.72. The molecule has 0 radical (unpaired) electrons. The summed E-state index contributed by atoms with van der Waals surface area (Å²) in [6.07, 6.45) is 0. The maximum Gasteiger partial charge on any atom is 0.141 e. The molecule has 0 bridgehead atoms. The lowest BCUT2D eigenvalue weighted by Gasteiger charge is -1.95. The van der Waals surface area contributed by atoms with Crippen molar-refractivity contribution in [3.8, 4) is 6.07 Å². The number of nitriles is 1. The van der Waals surface area contributed by atoms with Gasteiger partial charge in [0.2, 0.25) is 0 Å². The Morgan fingerprint density at radius 1 is 1.50 bits per heavy atom. The van der Waals surface area contributed by atoms with E-state index in [-0.39, 0.29) is 5.56 Å². The van der Waals surface area contributed by atoms with Crippen LogP contribution in [-0.2, 0) is 0 Å². The first kappa shape index (κ1) is 6.82. The monoisotopic (exact) mass is 133 g/mol. The van der Waals surface area contributed by atoms with Crippen LogP contribution in [0, 0.1) is 17.1 Å². The molecule has 0 amide bonds. The van der Waals surface area contributed by atoms with Crippen molar-refractivity contribution in [3.05, 3.63) is 29.6 Å². The fraction of sp³-hybridized carbons (Fsp3) is 0. The molecule has 0 aliphatic heterocycles. The highest BCUT2D eigenvalue weighted by atomic mass is 19.1. The summed E-state index contributed by atoms with van der Waals surface area (Å²) < 4.78 is 12.6. The number of halogens is 1. The quantitative estimate of drug-likeness (QED) is 0.455. The molecule has 0 N–H and O–H groups in total. The van der Waals surface area contributed by atoms with E-state index in [0.29, 0.717) is 5.46 Å². The van der Waals surface area contributed by atoms with Crippen LogP contribution in [0.4, 0.5) is 4.39 Å². The number of rotatable bonds is 0.